The minimum absolute atomic E-state index is 0.0422. The van der Waals surface area contributed by atoms with Crippen LogP contribution in [-0.2, 0) is 10.0 Å². The second-order valence-corrected chi connectivity index (χ2v) is 9.02. The molecule has 1 atom stereocenters. The third kappa shape index (κ3) is 5.20. The topological polar surface area (TPSA) is 75.3 Å². The van der Waals surface area contributed by atoms with E-state index in [0.29, 0.717) is 12.1 Å². The van der Waals surface area contributed by atoms with Gasteiger partial charge in [0.1, 0.15) is 4.90 Å². The van der Waals surface area contributed by atoms with Crippen LogP contribution < -0.4 is 10.0 Å². The Bertz CT molecular complexity index is 1130. The van der Waals surface area contributed by atoms with Crippen molar-refractivity contribution < 1.29 is 13.2 Å². The lowest BCUT2D eigenvalue weighted by Gasteiger charge is -2.18. The molecule has 0 aliphatic heterocycles. The summed E-state index contributed by atoms with van der Waals surface area (Å²) in [7, 11) is -3.95. The number of hydrogen-bond acceptors (Lipinski definition) is 3. The van der Waals surface area contributed by atoms with Crippen LogP contribution in [0.2, 0.25) is 5.02 Å². The van der Waals surface area contributed by atoms with E-state index in [4.69, 9.17) is 11.6 Å². The van der Waals surface area contributed by atoms with Crippen molar-refractivity contribution in [1.82, 2.24) is 5.32 Å². The van der Waals surface area contributed by atoms with Gasteiger partial charge in [0.25, 0.3) is 15.9 Å². The predicted molar refractivity (Wildman–Crippen MR) is 120 cm³/mol. The van der Waals surface area contributed by atoms with Crippen molar-refractivity contribution in [1.29, 1.82) is 0 Å². The van der Waals surface area contributed by atoms with Crippen molar-refractivity contribution >= 4 is 33.2 Å². The summed E-state index contributed by atoms with van der Waals surface area (Å²) >= 11 is 6.14. The summed E-state index contributed by atoms with van der Waals surface area (Å²) in [6, 6.07) is 20.5. The zero-order chi connectivity index (χ0) is 21.7. The van der Waals surface area contributed by atoms with Gasteiger partial charge in [-0.3, -0.25) is 9.52 Å². The number of carbonyl (C=O) groups excluding carboxylic acids is 1. The Hall–Kier alpha value is -2.83. The van der Waals surface area contributed by atoms with Crippen molar-refractivity contribution in [3.8, 4) is 0 Å². The van der Waals surface area contributed by atoms with Crippen molar-refractivity contribution in [2.75, 3.05) is 4.72 Å². The normalized spacial score (nSPS) is 12.2. The molecule has 5 nitrogen and oxygen atoms in total. The number of hydrogen-bond donors (Lipinski definition) is 2. The molecule has 0 aliphatic rings. The van der Waals surface area contributed by atoms with Gasteiger partial charge >= 0.3 is 0 Å². The number of amides is 1. The van der Waals surface area contributed by atoms with Gasteiger partial charge in [-0.15, -0.1) is 0 Å². The highest BCUT2D eigenvalue weighted by Crippen LogP contribution is 2.26. The molecule has 30 heavy (non-hydrogen) atoms. The molecule has 3 rings (SSSR count). The number of rotatable bonds is 7. The summed E-state index contributed by atoms with van der Waals surface area (Å²) in [5.41, 5.74) is 2.76. The number of para-hydroxylation sites is 1. The van der Waals surface area contributed by atoms with Gasteiger partial charge in [-0.1, -0.05) is 66.6 Å². The van der Waals surface area contributed by atoms with E-state index >= 15 is 0 Å². The van der Waals surface area contributed by atoms with Gasteiger partial charge < -0.3 is 5.32 Å². The highest BCUT2D eigenvalue weighted by Gasteiger charge is 2.21. The average Bonchev–Trinajstić information content (AvgIpc) is 2.73. The molecule has 0 heterocycles. The highest BCUT2D eigenvalue weighted by atomic mass is 35.5. The first kappa shape index (κ1) is 21.9. The van der Waals surface area contributed by atoms with Gasteiger partial charge in [0.05, 0.1) is 11.1 Å². The lowest BCUT2D eigenvalue weighted by atomic mass is 10.0. The molecule has 0 radical (unpaired) electrons. The van der Waals surface area contributed by atoms with Crippen LogP contribution in [0.1, 0.15) is 40.9 Å². The molecular formula is C23H23ClN2O3S. The molecule has 0 fully saturated rings. The minimum Gasteiger partial charge on any atom is -0.345 e. The van der Waals surface area contributed by atoms with Crippen LogP contribution in [0, 0.1) is 6.92 Å². The summed E-state index contributed by atoms with van der Waals surface area (Å²) in [4.78, 5) is 12.7. The van der Waals surface area contributed by atoms with E-state index in [1.807, 2.05) is 38.1 Å². The molecular weight excluding hydrogens is 420 g/mol. The average molecular weight is 443 g/mol. The summed E-state index contributed by atoms with van der Waals surface area (Å²) in [6.07, 6.45) is 0.698. The van der Waals surface area contributed by atoms with Gasteiger partial charge in [0.2, 0.25) is 0 Å². The quantitative estimate of drug-likeness (QED) is 0.519. The van der Waals surface area contributed by atoms with Gasteiger partial charge in [-0.25, -0.2) is 8.42 Å². The van der Waals surface area contributed by atoms with E-state index in [9.17, 15) is 13.2 Å². The maximum atomic E-state index is 12.8. The Balaban J connectivity index is 1.84. The number of sulfonamides is 1. The lowest BCUT2D eigenvalue weighted by Crippen LogP contribution is -2.28. The van der Waals surface area contributed by atoms with E-state index < -0.39 is 10.0 Å². The molecule has 3 aromatic rings. The first-order valence-corrected chi connectivity index (χ1v) is 11.4. The molecule has 1 unspecified atom stereocenters. The predicted octanol–water partition coefficient (Wildman–Crippen LogP) is 5.33. The van der Waals surface area contributed by atoms with Crippen LogP contribution in [0.3, 0.4) is 0 Å². The maximum Gasteiger partial charge on any atom is 0.263 e. The van der Waals surface area contributed by atoms with E-state index in [2.05, 4.69) is 10.0 Å². The fourth-order valence-corrected chi connectivity index (χ4v) is 4.61. The summed E-state index contributed by atoms with van der Waals surface area (Å²) in [5, 5.41) is 3.01. The van der Waals surface area contributed by atoms with Crippen molar-refractivity contribution in [3.63, 3.8) is 0 Å². The van der Waals surface area contributed by atoms with Crippen LogP contribution in [0.15, 0.2) is 77.7 Å². The molecule has 0 aromatic heterocycles. The molecule has 2 N–H and O–H groups in total. The molecule has 1 amide bonds. The van der Waals surface area contributed by atoms with Gasteiger partial charge in [0.15, 0.2) is 0 Å². The third-order valence-corrected chi connectivity index (χ3v) is 6.57. The highest BCUT2D eigenvalue weighted by molar-refractivity contribution is 7.92. The monoisotopic (exact) mass is 442 g/mol. The summed E-state index contributed by atoms with van der Waals surface area (Å²) in [5.74, 6) is -0.366. The van der Waals surface area contributed by atoms with Crippen LogP contribution in [-0.4, -0.2) is 14.3 Å². The summed E-state index contributed by atoms with van der Waals surface area (Å²) < 4.78 is 28.1. The second kappa shape index (κ2) is 9.32. The van der Waals surface area contributed by atoms with Crippen LogP contribution >= 0.6 is 11.6 Å². The van der Waals surface area contributed by atoms with Crippen LogP contribution in [0.4, 0.5) is 5.69 Å². The molecule has 0 bridgehead atoms. The molecule has 156 valence electrons. The second-order valence-electron chi connectivity index (χ2n) is 6.96. The summed E-state index contributed by atoms with van der Waals surface area (Å²) in [6.45, 7) is 3.98. The Labute approximate surface area is 182 Å². The van der Waals surface area contributed by atoms with E-state index in [-0.39, 0.29) is 27.4 Å². The molecule has 0 saturated heterocycles. The third-order valence-electron chi connectivity index (χ3n) is 4.70. The van der Waals surface area contributed by atoms with Crippen LogP contribution in [0.25, 0.3) is 0 Å². The zero-order valence-corrected chi connectivity index (χ0v) is 18.3. The molecule has 0 saturated carbocycles. The largest absolute Gasteiger partial charge is 0.345 e. The number of anilines is 1. The number of nitrogens with one attached hydrogen (secondary N) is 2. The smallest absolute Gasteiger partial charge is 0.263 e. The molecule has 0 aliphatic carbocycles. The first-order chi connectivity index (χ1) is 14.3. The van der Waals surface area contributed by atoms with Crippen molar-refractivity contribution in [2.45, 2.75) is 31.2 Å². The lowest BCUT2D eigenvalue weighted by molar-refractivity contribution is 0.0935. The number of carbonyl (C=O) groups is 1. The fraction of sp³-hybridized carbons (Fsp3) is 0.174. The van der Waals surface area contributed by atoms with E-state index in [1.165, 1.54) is 18.2 Å². The van der Waals surface area contributed by atoms with Crippen molar-refractivity contribution in [2.24, 2.45) is 0 Å². The Morgan fingerprint density at radius 1 is 1.00 bits per heavy atom. The standard InChI is InChI=1S/C23H23ClN2O3S/c1-3-21(17-11-9-16(2)10-12-17)25-23(27)18-13-14-20(24)22(15-18)30(28,29)26-19-7-5-4-6-8-19/h4-15,21,26H,3H2,1-2H3,(H,25,27). The van der Waals surface area contributed by atoms with Crippen LogP contribution in [0.5, 0.6) is 0 Å². The van der Waals surface area contributed by atoms with Gasteiger partial charge in [-0.2, -0.15) is 0 Å². The number of halogens is 1. The number of benzene rings is 3. The molecule has 3 aromatic carbocycles. The Kier molecular flexibility index (Phi) is 6.80. The first-order valence-electron chi connectivity index (χ1n) is 9.55. The van der Waals surface area contributed by atoms with Crippen molar-refractivity contribution in [3.05, 3.63) is 94.5 Å². The van der Waals surface area contributed by atoms with E-state index in [1.54, 1.807) is 30.3 Å². The Morgan fingerprint density at radius 2 is 1.67 bits per heavy atom. The maximum absolute atomic E-state index is 12.8. The van der Waals surface area contributed by atoms with Gasteiger partial charge in [0, 0.05) is 11.3 Å². The minimum atomic E-state index is -3.95. The van der Waals surface area contributed by atoms with E-state index in [0.717, 1.165) is 11.1 Å². The SMILES string of the molecule is CCC(NC(=O)c1ccc(Cl)c(S(=O)(=O)Nc2ccccc2)c1)c1ccc(C)cc1. The molecule has 0 spiro atoms. The Morgan fingerprint density at radius 3 is 2.30 bits per heavy atom. The molecule has 7 heteroatoms. The zero-order valence-electron chi connectivity index (χ0n) is 16.7. The fourth-order valence-electron chi connectivity index (χ4n) is 3.03. The van der Waals surface area contributed by atoms with Gasteiger partial charge in [-0.05, 0) is 49.2 Å². The number of aryl methyl sites for hydroxylation is 1.